The minimum absolute atomic E-state index is 0.108. The van der Waals surface area contributed by atoms with E-state index >= 15 is 0 Å². The van der Waals surface area contributed by atoms with Crippen LogP contribution >= 0.6 is 0 Å². The Balaban J connectivity index is 1.73. The summed E-state index contributed by atoms with van der Waals surface area (Å²) in [7, 11) is 0. The Morgan fingerprint density at radius 3 is 2.92 bits per heavy atom. The molecule has 0 saturated carbocycles. The summed E-state index contributed by atoms with van der Waals surface area (Å²) >= 11 is 0. The van der Waals surface area contributed by atoms with E-state index in [0.717, 1.165) is 23.1 Å². The number of nitrogens with one attached hydrogen (secondary N) is 1. The van der Waals surface area contributed by atoms with E-state index in [1.165, 1.54) is 6.92 Å². The molecule has 1 N–H and O–H groups in total. The fourth-order valence-corrected chi connectivity index (χ4v) is 3.54. The van der Waals surface area contributed by atoms with Crippen LogP contribution in [0.3, 0.4) is 0 Å². The lowest BCUT2D eigenvalue weighted by Gasteiger charge is -2.27. The molecule has 25 heavy (non-hydrogen) atoms. The van der Waals surface area contributed by atoms with Gasteiger partial charge in [-0.15, -0.1) is 0 Å². The summed E-state index contributed by atoms with van der Waals surface area (Å²) in [6.45, 7) is 4.63. The topological polar surface area (TPSA) is 84.2 Å². The normalized spacial score (nSPS) is 20.2. The Bertz CT molecular complexity index is 933. The summed E-state index contributed by atoms with van der Waals surface area (Å²) in [4.78, 5) is 22.9. The van der Waals surface area contributed by atoms with Crippen molar-refractivity contribution in [2.45, 2.75) is 25.8 Å². The number of rotatable bonds is 3. The molecule has 2 aromatic heterocycles. The smallest absolute Gasteiger partial charge is 0.223 e. The highest BCUT2D eigenvalue weighted by Crippen LogP contribution is 2.36. The summed E-state index contributed by atoms with van der Waals surface area (Å²) < 4.78 is 5.15. The number of amides is 1. The maximum Gasteiger partial charge on any atom is 0.223 e. The second kappa shape index (κ2) is 5.84. The third-order valence-electron chi connectivity index (χ3n) is 4.61. The number of pyridine rings is 1. The van der Waals surface area contributed by atoms with Crippen molar-refractivity contribution in [3.8, 4) is 0 Å². The van der Waals surface area contributed by atoms with Gasteiger partial charge in [0, 0.05) is 44.2 Å². The molecule has 1 atom stereocenters. The van der Waals surface area contributed by atoms with Gasteiger partial charge in [-0.2, -0.15) is 4.98 Å². The second-order valence-electron chi connectivity index (χ2n) is 6.42. The van der Waals surface area contributed by atoms with E-state index < -0.39 is 5.54 Å². The van der Waals surface area contributed by atoms with Crippen molar-refractivity contribution in [2.75, 3.05) is 18.0 Å². The van der Waals surface area contributed by atoms with Crippen molar-refractivity contribution in [1.82, 2.24) is 20.4 Å². The molecule has 0 radical (unpaired) electrons. The number of carbonyl (C=O) groups is 1. The zero-order valence-corrected chi connectivity index (χ0v) is 14.2. The van der Waals surface area contributed by atoms with Gasteiger partial charge in [0.15, 0.2) is 5.82 Å². The van der Waals surface area contributed by atoms with E-state index in [1.54, 1.807) is 6.92 Å². The quantitative estimate of drug-likeness (QED) is 0.788. The minimum Gasteiger partial charge on any atom is -0.368 e. The number of carbonyl (C=O) groups excluding carboxylic acids is 1. The number of aryl methyl sites for hydroxylation is 1. The van der Waals surface area contributed by atoms with Crippen LogP contribution in [0.1, 0.15) is 25.1 Å². The fraction of sp³-hybridized carbons (Fsp3) is 0.333. The number of fused-ring (bicyclic) bond motifs is 1. The molecule has 1 fully saturated rings. The summed E-state index contributed by atoms with van der Waals surface area (Å²) in [6, 6.07) is 10.1. The first kappa shape index (κ1) is 15.6. The Hall–Kier alpha value is -2.96. The van der Waals surface area contributed by atoms with Gasteiger partial charge < -0.3 is 14.7 Å². The third-order valence-corrected chi connectivity index (χ3v) is 4.61. The zero-order valence-electron chi connectivity index (χ0n) is 14.2. The number of nitrogens with zero attached hydrogens (tertiary/aromatic N) is 4. The van der Waals surface area contributed by atoms with Gasteiger partial charge in [-0.05, 0) is 18.6 Å². The van der Waals surface area contributed by atoms with E-state index in [0.29, 0.717) is 24.7 Å². The van der Waals surface area contributed by atoms with Crippen LogP contribution < -0.4 is 10.2 Å². The number of benzene rings is 1. The monoisotopic (exact) mass is 337 g/mol. The molecule has 3 heterocycles. The molecule has 0 aliphatic carbocycles. The molecule has 7 nitrogen and oxygen atoms in total. The Morgan fingerprint density at radius 2 is 2.16 bits per heavy atom. The van der Waals surface area contributed by atoms with Crippen molar-refractivity contribution in [3.05, 3.63) is 48.2 Å². The molecule has 0 bridgehead atoms. The molecule has 1 amide bonds. The van der Waals surface area contributed by atoms with Gasteiger partial charge in [-0.25, -0.2) is 0 Å². The number of hydrogen-bond acceptors (Lipinski definition) is 6. The Labute approximate surface area is 145 Å². The van der Waals surface area contributed by atoms with E-state index in [2.05, 4.69) is 31.4 Å². The summed E-state index contributed by atoms with van der Waals surface area (Å²) in [6.07, 6.45) is 2.52. The predicted molar refractivity (Wildman–Crippen MR) is 93.1 cm³/mol. The first-order valence-corrected chi connectivity index (χ1v) is 8.26. The van der Waals surface area contributed by atoms with Gasteiger partial charge in [0.1, 0.15) is 5.54 Å². The number of anilines is 1. The SMILES string of the molecule is CC(=O)N[C@@]1(c2noc(C)n2)CCN(c2ccnc3ccccc23)C1. The number of para-hydroxylation sites is 1. The van der Waals surface area contributed by atoms with Crippen LogP contribution in [-0.2, 0) is 10.3 Å². The molecule has 4 rings (SSSR count). The van der Waals surface area contributed by atoms with Crippen molar-refractivity contribution in [3.63, 3.8) is 0 Å². The maximum atomic E-state index is 11.8. The first-order valence-electron chi connectivity index (χ1n) is 8.26. The van der Waals surface area contributed by atoms with Gasteiger partial charge in [0.05, 0.1) is 5.52 Å². The molecule has 0 spiro atoms. The van der Waals surface area contributed by atoms with Crippen LogP contribution in [-0.4, -0.2) is 34.1 Å². The first-order chi connectivity index (χ1) is 12.1. The fourth-order valence-electron chi connectivity index (χ4n) is 3.54. The van der Waals surface area contributed by atoms with Crippen molar-refractivity contribution in [2.24, 2.45) is 0 Å². The second-order valence-corrected chi connectivity index (χ2v) is 6.42. The molecular formula is C18H19N5O2. The molecule has 1 aromatic carbocycles. The zero-order chi connectivity index (χ0) is 17.4. The molecule has 7 heteroatoms. The third kappa shape index (κ3) is 2.71. The molecule has 1 saturated heterocycles. The van der Waals surface area contributed by atoms with Crippen molar-refractivity contribution >= 4 is 22.5 Å². The largest absolute Gasteiger partial charge is 0.368 e. The lowest BCUT2D eigenvalue weighted by molar-refractivity contribution is -0.120. The van der Waals surface area contributed by atoms with E-state index in [9.17, 15) is 4.79 Å². The highest BCUT2D eigenvalue weighted by atomic mass is 16.5. The Kier molecular flexibility index (Phi) is 3.63. The van der Waals surface area contributed by atoms with Crippen LogP contribution in [0.25, 0.3) is 10.9 Å². The van der Waals surface area contributed by atoms with Gasteiger partial charge in [-0.1, -0.05) is 23.4 Å². The van der Waals surface area contributed by atoms with Crippen LogP contribution in [0.2, 0.25) is 0 Å². The Morgan fingerprint density at radius 1 is 1.32 bits per heavy atom. The highest BCUT2D eigenvalue weighted by Gasteiger charge is 2.44. The van der Waals surface area contributed by atoms with Crippen LogP contribution in [0.15, 0.2) is 41.1 Å². The molecule has 1 aliphatic heterocycles. The summed E-state index contributed by atoms with van der Waals surface area (Å²) in [5, 5.41) is 8.22. The van der Waals surface area contributed by atoms with Crippen molar-refractivity contribution in [1.29, 1.82) is 0 Å². The standard InChI is InChI=1S/C18H19N5O2/c1-12(24)21-18(17-20-13(2)25-22-17)8-10-23(11-18)16-7-9-19-15-6-4-3-5-14(15)16/h3-7,9H,8,10-11H2,1-2H3,(H,21,24)/t18-/m0/s1. The molecule has 128 valence electrons. The molecule has 1 aliphatic rings. The van der Waals surface area contributed by atoms with Gasteiger partial charge in [0.2, 0.25) is 11.8 Å². The average Bonchev–Trinajstić information content (AvgIpc) is 3.21. The van der Waals surface area contributed by atoms with Crippen LogP contribution in [0.5, 0.6) is 0 Å². The predicted octanol–water partition coefficient (Wildman–Crippen LogP) is 2.17. The van der Waals surface area contributed by atoms with Crippen LogP contribution in [0.4, 0.5) is 5.69 Å². The van der Waals surface area contributed by atoms with E-state index in [-0.39, 0.29) is 5.91 Å². The summed E-state index contributed by atoms with van der Waals surface area (Å²) in [5.41, 5.74) is 1.40. The van der Waals surface area contributed by atoms with Crippen LogP contribution in [0, 0.1) is 6.92 Å². The number of aromatic nitrogens is 3. The lowest BCUT2D eigenvalue weighted by Crippen LogP contribution is -2.48. The van der Waals surface area contributed by atoms with E-state index in [4.69, 9.17) is 4.52 Å². The van der Waals surface area contributed by atoms with Gasteiger partial charge in [-0.3, -0.25) is 9.78 Å². The number of hydrogen-bond donors (Lipinski definition) is 1. The average molecular weight is 337 g/mol. The van der Waals surface area contributed by atoms with Gasteiger partial charge in [0.25, 0.3) is 0 Å². The molecule has 3 aromatic rings. The maximum absolute atomic E-state index is 11.8. The lowest BCUT2D eigenvalue weighted by atomic mass is 9.97. The van der Waals surface area contributed by atoms with Crippen molar-refractivity contribution < 1.29 is 9.32 Å². The molecular weight excluding hydrogens is 318 g/mol. The minimum atomic E-state index is -0.645. The highest BCUT2D eigenvalue weighted by molar-refractivity contribution is 5.91. The molecule has 0 unspecified atom stereocenters. The van der Waals surface area contributed by atoms with Gasteiger partial charge >= 0.3 is 0 Å². The summed E-state index contributed by atoms with van der Waals surface area (Å²) in [5.74, 6) is 0.914. The van der Waals surface area contributed by atoms with E-state index in [1.807, 2.05) is 30.5 Å².